The van der Waals surface area contributed by atoms with Crippen LogP contribution in [0.25, 0.3) is 11.4 Å². The van der Waals surface area contributed by atoms with E-state index in [1.165, 1.54) is 0 Å². The van der Waals surface area contributed by atoms with E-state index in [1.54, 1.807) is 17.3 Å². The summed E-state index contributed by atoms with van der Waals surface area (Å²) in [5.41, 5.74) is 1.72. The third-order valence-corrected chi connectivity index (χ3v) is 3.86. The number of nitrogens with zero attached hydrogens (tertiary/aromatic N) is 4. The maximum atomic E-state index is 12.2. The van der Waals surface area contributed by atoms with Gasteiger partial charge in [-0.1, -0.05) is 12.1 Å². The van der Waals surface area contributed by atoms with Crippen molar-refractivity contribution in [1.29, 1.82) is 0 Å². The highest BCUT2D eigenvalue weighted by molar-refractivity contribution is 5.70. The monoisotopic (exact) mass is 330 g/mol. The average molecular weight is 330 g/mol. The van der Waals surface area contributed by atoms with Crippen molar-refractivity contribution in [3.05, 3.63) is 29.9 Å². The lowest BCUT2D eigenvalue weighted by molar-refractivity contribution is -0.0108. The summed E-state index contributed by atoms with van der Waals surface area (Å²) in [6.07, 6.45) is 4.57. The summed E-state index contributed by atoms with van der Waals surface area (Å²) in [6, 6.07) is 1.70. The number of likely N-dealkylation sites (tertiary alicyclic amines) is 1. The SMILES string of the molecule is CCc1nccnc1-c1cc(C2CCN2C(=O)OC(C)(C)C)on1. The zero-order chi connectivity index (χ0) is 17.3. The fraction of sp³-hybridized carbons (Fsp3) is 0.529. The van der Waals surface area contributed by atoms with E-state index in [2.05, 4.69) is 15.1 Å². The van der Waals surface area contributed by atoms with E-state index in [9.17, 15) is 4.79 Å². The lowest BCUT2D eigenvalue weighted by Crippen LogP contribution is -2.47. The average Bonchev–Trinajstić information content (AvgIpc) is 2.93. The van der Waals surface area contributed by atoms with Crippen LogP contribution in [-0.4, -0.2) is 38.3 Å². The highest BCUT2D eigenvalue weighted by atomic mass is 16.6. The summed E-state index contributed by atoms with van der Waals surface area (Å²) in [4.78, 5) is 22.5. The Kier molecular flexibility index (Phi) is 4.26. The Morgan fingerprint density at radius 1 is 1.38 bits per heavy atom. The van der Waals surface area contributed by atoms with Crippen molar-refractivity contribution in [3.63, 3.8) is 0 Å². The van der Waals surface area contributed by atoms with Crippen molar-refractivity contribution in [2.75, 3.05) is 6.54 Å². The predicted molar refractivity (Wildman–Crippen MR) is 87.2 cm³/mol. The van der Waals surface area contributed by atoms with Gasteiger partial charge in [0, 0.05) is 25.0 Å². The first kappa shape index (κ1) is 16.4. The van der Waals surface area contributed by atoms with Crippen molar-refractivity contribution >= 4 is 6.09 Å². The maximum Gasteiger partial charge on any atom is 0.410 e. The molecular weight excluding hydrogens is 308 g/mol. The normalized spacial score (nSPS) is 17.5. The lowest BCUT2D eigenvalue weighted by atomic mass is 10.0. The van der Waals surface area contributed by atoms with Crippen LogP contribution in [-0.2, 0) is 11.2 Å². The van der Waals surface area contributed by atoms with E-state index >= 15 is 0 Å². The van der Waals surface area contributed by atoms with Gasteiger partial charge in [0.15, 0.2) is 5.76 Å². The van der Waals surface area contributed by atoms with E-state index < -0.39 is 5.60 Å². The molecule has 1 aliphatic heterocycles. The van der Waals surface area contributed by atoms with Crippen LogP contribution in [0.5, 0.6) is 0 Å². The standard InChI is InChI=1S/C17H22N4O3/c1-5-11-15(19-8-7-18-11)12-10-14(24-20-12)13-6-9-21(13)16(22)23-17(2,3)4/h7-8,10,13H,5-6,9H2,1-4H3. The Labute approximate surface area is 141 Å². The number of amides is 1. The van der Waals surface area contributed by atoms with Gasteiger partial charge in [0.05, 0.1) is 11.7 Å². The summed E-state index contributed by atoms with van der Waals surface area (Å²) in [5.74, 6) is 0.648. The van der Waals surface area contributed by atoms with Crippen LogP contribution in [0.3, 0.4) is 0 Å². The van der Waals surface area contributed by atoms with Crippen LogP contribution in [0.2, 0.25) is 0 Å². The Hall–Kier alpha value is -2.44. The molecule has 1 atom stereocenters. The number of aryl methyl sites for hydroxylation is 1. The number of ether oxygens (including phenoxy) is 1. The molecule has 2 aromatic heterocycles. The van der Waals surface area contributed by atoms with Crippen LogP contribution in [0.1, 0.15) is 51.6 Å². The molecule has 1 aliphatic rings. The highest BCUT2D eigenvalue weighted by Gasteiger charge is 2.38. The number of carbonyl (C=O) groups is 1. The van der Waals surface area contributed by atoms with Gasteiger partial charge in [-0.25, -0.2) is 4.79 Å². The summed E-state index contributed by atoms with van der Waals surface area (Å²) >= 11 is 0. The number of hydrogen-bond acceptors (Lipinski definition) is 6. The Morgan fingerprint density at radius 3 is 2.75 bits per heavy atom. The van der Waals surface area contributed by atoms with Crippen LogP contribution >= 0.6 is 0 Å². The van der Waals surface area contributed by atoms with E-state index in [4.69, 9.17) is 9.26 Å². The number of aromatic nitrogens is 3. The molecule has 7 nitrogen and oxygen atoms in total. The first-order chi connectivity index (χ1) is 11.4. The van der Waals surface area contributed by atoms with E-state index in [0.717, 1.165) is 24.2 Å². The fourth-order valence-electron chi connectivity index (χ4n) is 2.62. The molecule has 0 N–H and O–H groups in total. The molecule has 3 heterocycles. The van der Waals surface area contributed by atoms with Crippen molar-refractivity contribution < 1.29 is 14.1 Å². The second kappa shape index (κ2) is 6.22. The number of rotatable bonds is 3. The molecule has 128 valence electrons. The minimum atomic E-state index is -0.514. The zero-order valence-corrected chi connectivity index (χ0v) is 14.4. The number of carbonyl (C=O) groups excluding carboxylic acids is 1. The first-order valence-corrected chi connectivity index (χ1v) is 8.15. The third-order valence-electron chi connectivity index (χ3n) is 3.86. The van der Waals surface area contributed by atoms with E-state index in [0.29, 0.717) is 18.0 Å². The molecule has 1 unspecified atom stereocenters. The van der Waals surface area contributed by atoms with Gasteiger partial charge in [-0.15, -0.1) is 0 Å². The number of hydrogen-bond donors (Lipinski definition) is 0. The van der Waals surface area contributed by atoms with Gasteiger partial charge >= 0.3 is 6.09 Å². The molecule has 1 amide bonds. The summed E-state index contributed by atoms with van der Waals surface area (Å²) in [7, 11) is 0. The highest BCUT2D eigenvalue weighted by Crippen LogP contribution is 2.36. The largest absolute Gasteiger partial charge is 0.444 e. The molecule has 0 bridgehead atoms. The quantitative estimate of drug-likeness (QED) is 0.858. The Morgan fingerprint density at radius 2 is 2.12 bits per heavy atom. The summed E-state index contributed by atoms with van der Waals surface area (Å²) in [6.45, 7) is 8.23. The zero-order valence-electron chi connectivity index (χ0n) is 14.4. The summed E-state index contributed by atoms with van der Waals surface area (Å²) in [5, 5.41) is 4.11. The summed E-state index contributed by atoms with van der Waals surface area (Å²) < 4.78 is 10.9. The Bertz CT molecular complexity index is 735. The molecular formula is C17H22N4O3. The van der Waals surface area contributed by atoms with Gasteiger partial charge in [-0.05, 0) is 33.6 Å². The Balaban J connectivity index is 1.77. The van der Waals surface area contributed by atoms with Crippen LogP contribution < -0.4 is 0 Å². The molecule has 24 heavy (non-hydrogen) atoms. The molecule has 3 rings (SSSR count). The minimum absolute atomic E-state index is 0.136. The van der Waals surface area contributed by atoms with Crippen LogP contribution in [0.4, 0.5) is 4.79 Å². The van der Waals surface area contributed by atoms with Gasteiger partial charge < -0.3 is 9.26 Å². The smallest absolute Gasteiger partial charge is 0.410 e. The second-order valence-corrected chi connectivity index (χ2v) is 6.80. The first-order valence-electron chi connectivity index (χ1n) is 8.15. The maximum absolute atomic E-state index is 12.2. The molecule has 0 aromatic carbocycles. The fourth-order valence-corrected chi connectivity index (χ4v) is 2.62. The van der Waals surface area contributed by atoms with Gasteiger partial charge in [0.1, 0.15) is 17.0 Å². The molecule has 0 spiro atoms. The van der Waals surface area contributed by atoms with Crippen LogP contribution in [0, 0.1) is 0 Å². The lowest BCUT2D eigenvalue weighted by Gasteiger charge is -2.39. The third kappa shape index (κ3) is 3.25. The minimum Gasteiger partial charge on any atom is -0.444 e. The van der Waals surface area contributed by atoms with Crippen molar-refractivity contribution in [1.82, 2.24) is 20.0 Å². The molecule has 0 saturated carbocycles. The van der Waals surface area contributed by atoms with E-state index in [1.807, 2.05) is 33.8 Å². The van der Waals surface area contributed by atoms with Crippen molar-refractivity contribution in [2.45, 2.75) is 52.2 Å². The van der Waals surface area contributed by atoms with Gasteiger partial charge in [-0.2, -0.15) is 0 Å². The topological polar surface area (TPSA) is 81.4 Å². The molecule has 0 radical (unpaired) electrons. The molecule has 0 aliphatic carbocycles. The second-order valence-electron chi connectivity index (χ2n) is 6.80. The molecule has 7 heteroatoms. The van der Waals surface area contributed by atoms with Gasteiger partial charge in [0.25, 0.3) is 0 Å². The molecule has 1 fully saturated rings. The van der Waals surface area contributed by atoms with Crippen molar-refractivity contribution in [2.24, 2.45) is 0 Å². The van der Waals surface area contributed by atoms with Gasteiger partial charge in [0.2, 0.25) is 0 Å². The molecule has 2 aromatic rings. The van der Waals surface area contributed by atoms with Gasteiger partial charge in [-0.3, -0.25) is 14.9 Å². The van der Waals surface area contributed by atoms with Crippen LogP contribution in [0.15, 0.2) is 23.0 Å². The van der Waals surface area contributed by atoms with Crippen molar-refractivity contribution in [3.8, 4) is 11.4 Å². The van der Waals surface area contributed by atoms with E-state index in [-0.39, 0.29) is 12.1 Å². The molecule has 1 saturated heterocycles. The predicted octanol–water partition coefficient (Wildman–Crippen LogP) is 3.38.